The van der Waals surface area contributed by atoms with Crippen LogP contribution in [0.1, 0.15) is 4.88 Å². The van der Waals surface area contributed by atoms with Gasteiger partial charge in [0.05, 0.1) is 11.9 Å². The van der Waals surface area contributed by atoms with Gasteiger partial charge in [0.15, 0.2) is 5.13 Å². The van der Waals surface area contributed by atoms with Gasteiger partial charge in [-0.1, -0.05) is 0 Å². The Hall–Kier alpha value is -2.28. The molecule has 3 aromatic heterocycles. The van der Waals surface area contributed by atoms with Gasteiger partial charge in [0.2, 0.25) is 0 Å². The number of aryl methyl sites for hydroxylation is 1. The lowest BCUT2D eigenvalue weighted by Crippen LogP contribution is -1.92. The molecule has 18 heavy (non-hydrogen) atoms. The first-order valence-corrected chi connectivity index (χ1v) is 6.14. The van der Waals surface area contributed by atoms with Crippen molar-refractivity contribution in [1.29, 1.82) is 0 Å². The minimum atomic E-state index is 0.734. The third-order valence-corrected chi connectivity index (χ3v) is 3.27. The number of hydrogen-bond acceptors (Lipinski definition) is 6. The third-order valence-electron chi connectivity index (χ3n) is 2.39. The molecule has 0 radical (unpaired) electrons. The van der Waals surface area contributed by atoms with Crippen molar-refractivity contribution >= 4 is 22.3 Å². The molecule has 2 N–H and O–H groups in total. The van der Waals surface area contributed by atoms with Crippen LogP contribution < -0.4 is 5.32 Å². The summed E-state index contributed by atoms with van der Waals surface area (Å²) in [4.78, 5) is 13.6. The molecule has 0 aliphatic heterocycles. The topological polar surface area (TPSA) is 79.4 Å². The lowest BCUT2D eigenvalue weighted by molar-refractivity contribution is 1.09. The first-order chi connectivity index (χ1) is 8.83. The molecule has 0 atom stereocenters. The fourth-order valence-corrected chi connectivity index (χ4v) is 2.42. The smallest absolute Gasteiger partial charge is 0.189 e. The number of aromatic amines is 1. The van der Waals surface area contributed by atoms with Crippen molar-refractivity contribution in [2.75, 3.05) is 5.32 Å². The summed E-state index contributed by atoms with van der Waals surface area (Å²) in [5.74, 6) is 0.734. The Labute approximate surface area is 107 Å². The molecule has 0 fully saturated rings. The van der Waals surface area contributed by atoms with Crippen molar-refractivity contribution in [2.45, 2.75) is 6.92 Å². The number of anilines is 2. The second-order valence-electron chi connectivity index (χ2n) is 3.63. The number of rotatable bonds is 3. The largest absolute Gasteiger partial charge is 0.316 e. The number of H-pyrrole nitrogens is 1. The van der Waals surface area contributed by atoms with Crippen LogP contribution in [-0.2, 0) is 0 Å². The molecular weight excluding hydrogens is 248 g/mol. The maximum Gasteiger partial charge on any atom is 0.189 e. The van der Waals surface area contributed by atoms with Gasteiger partial charge in [-0.15, -0.1) is 11.3 Å². The Morgan fingerprint density at radius 2 is 2.33 bits per heavy atom. The molecule has 0 aliphatic carbocycles. The quantitative estimate of drug-likeness (QED) is 0.754. The summed E-state index contributed by atoms with van der Waals surface area (Å²) >= 11 is 1.58. The van der Waals surface area contributed by atoms with Crippen LogP contribution >= 0.6 is 11.3 Å². The average molecular weight is 258 g/mol. The predicted octanol–water partition coefficient (Wildman–Crippen LogP) is 2.38. The van der Waals surface area contributed by atoms with Crippen molar-refractivity contribution in [1.82, 2.24) is 25.1 Å². The van der Waals surface area contributed by atoms with Gasteiger partial charge in [0.1, 0.15) is 12.1 Å². The summed E-state index contributed by atoms with van der Waals surface area (Å²) in [6.07, 6.45) is 6.78. The van der Waals surface area contributed by atoms with E-state index in [0.29, 0.717) is 0 Å². The highest BCUT2D eigenvalue weighted by molar-refractivity contribution is 7.16. The molecule has 0 saturated carbocycles. The maximum absolute atomic E-state index is 4.53. The first kappa shape index (κ1) is 10.8. The van der Waals surface area contributed by atoms with Crippen molar-refractivity contribution in [2.24, 2.45) is 0 Å². The molecular formula is C11H10N6S. The monoisotopic (exact) mass is 258 g/mol. The minimum absolute atomic E-state index is 0.734. The van der Waals surface area contributed by atoms with E-state index in [1.807, 2.05) is 13.1 Å². The van der Waals surface area contributed by atoms with Crippen LogP contribution in [0.4, 0.5) is 10.9 Å². The molecule has 3 rings (SSSR count). The van der Waals surface area contributed by atoms with Gasteiger partial charge in [0.25, 0.3) is 0 Å². The van der Waals surface area contributed by atoms with Gasteiger partial charge in [0, 0.05) is 22.8 Å². The molecule has 6 nitrogen and oxygen atoms in total. The summed E-state index contributed by atoms with van der Waals surface area (Å²) in [6, 6.07) is 1.80. The highest BCUT2D eigenvalue weighted by atomic mass is 32.1. The summed E-state index contributed by atoms with van der Waals surface area (Å²) in [6.45, 7) is 2.03. The lowest BCUT2D eigenvalue weighted by Gasteiger charge is -1.98. The van der Waals surface area contributed by atoms with E-state index in [1.54, 1.807) is 29.8 Å². The van der Waals surface area contributed by atoms with Crippen LogP contribution in [0, 0.1) is 6.92 Å². The molecule has 0 aliphatic rings. The van der Waals surface area contributed by atoms with Crippen LogP contribution in [-0.4, -0.2) is 25.1 Å². The van der Waals surface area contributed by atoms with Gasteiger partial charge < -0.3 is 5.32 Å². The van der Waals surface area contributed by atoms with Gasteiger partial charge in [-0.3, -0.25) is 5.10 Å². The fraction of sp³-hybridized carbons (Fsp3) is 0.0909. The maximum atomic E-state index is 4.53. The highest BCUT2D eigenvalue weighted by Gasteiger charge is 2.10. The Morgan fingerprint density at radius 1 is 1.39 bits per heavy atom. The molecule has 0 saturated heterocycles. The molecule has 0 amide bonds. The average Bonchev–Trinajstić information content (AvgIpc) is 3.00. The van der Waals surface area contributed by atoms with Gasteiger partial charge >= 0.3 is 0 Å². The van der Waals surface area contributed by atoms with Crippen molar-refractivity contribution in [3.63, 3.8) is 0 Å². The zero-order valence-corrected chi connectivity index (χ0v) is 10.4. The van der Waals surface area contributed by atoms with E-state index in [2.05, 4.69) is 30.5 Å². The molecule has 0 spiro atoms. The van der Waals surface area contributed by atoms with E-state index < -0.39 is 0 Å². The second-order valence-corrected chi connectivity index (χ2v) is 4.83. The molecule has 3 aromatic rings. The van der Waals surface area contributed by atoms with Crippen molar-refractivity contribution < 1.29 is 0 Å². The van der Waals surface area contributed by atoms with Gasteiger partial charge in [-0.05, 0) is 13.0 Å². The number of aromatic nitrogens is 5. The fourth-order valence-electron chi connectivity index (χ4n) is 1.57. The van der Waals surface area contributed by atoms with Crippen LogP contribution in [0.2, 0.25) is 0 Å². The molecule has 0 aromatic carbocycles. The zero-order chi connectivity index (χ0) is 12.4. The van der Waals surface area contributed by atoms with Gasteiger partial charge in [-0.2, -0.15) is 5.10 Å². The number of nitrogens with zero attached hydrogens (tertiary/aromatic N) is 4. The van der Waals surface area contributed by atoms with Crippen molar-refractivity contribution in [3.8, 4) is 11.3 Å². The van der Waals surface area contributed by atoms with Crippen LogP contribution in [0.3, 0.4) is 0 Å². The SMILES string of the molecule is Cc1sc(Nc2ccncn2)nc1-c1cn[nH]c1. The zero-order valence-electron chi connectivity index (χ0n) is 9.58. The number of hydrogen-bond donors (Lipinski definition) is 2. The highest BCUT2D eigenvalue weighted by Crippen LogP contribution is 2.30. The summed E-state index contributed by atoms with van der Waals surface area (Å²) < 4.78 is 0. The second kappa shape index (κ2) is 4.53. The lowest BCUT2D eigenvalue weighted by atomic mass is 10.2. The summed E-state index contributed by atoms with van der Waals surface area (Å²) in [7, 11) is 0. The Morgan fingerprint density at radius 3 is 3.06 bits per heavy atom. The van der Waals surface area contributed by atoms with E-state index in [0.717, 1.165) is 27.1 Å². The molecule has 3 heterocycles. The van der Waals surface area contributed by atoms with Crippen LogP contribution in [0.15, 0.2) is 31.0 Å². The van der Waals surface area contributed by atoms with E-state index in [-0.39, 0.29) is 0 Å². The third kappa shape index (κ3) is 2.07. The van der Waals surface area contributed by atoms with Crippen LogP contribution in [0.5, 0.6) is 0 Å². The first-order valence-electron chi connectivity index (χ1n) is 5.32. The summed E-state index contributed by atoms with van der Waals surface area (Å²) in [5.41, 5.74) is 1.92. The predicted molar refractivity (Wildman–Crippen MR) is 69.7 cm³/mol. The summed E-state index contributed by atoms with van der Waals surface area (Å²) in [5, 5.41) is 10.7. The standard InChI is InChI=1S/C11H10N6S/c1-7-10(8-4-14-15-5-8)17-11(18-7)16-9-2-3-12-6-13-9/h2-6H,1H3,(H,14,15)(H,12,13,16,17). The normalized spacial score (nSPS) is 10.5. The van der Waals surface area contributed by atoms with E-state index >= 15 is 0 Å². The molecule has 90 valence electrons. The van der Waals surface area contributed by atoms with Crippen LogP contribution in [0.25, 0.3) is 11.3 Å². The number of nitrogens with one attached hydrogen (secondary N) is 2. The molecule has 0 unspecified atom stereocenters. The Balaban J connectivity index is 1.89. The van der Waals surface area contributed by atoms with E-state index in [9.17, 15) is 0 Å². The Kier molecular flexibility index (Phi) is 2.73. The van der Waals surface area contributed by atoms with Gasteiger partial charge in [-0.25, -0.2) is 15.0 Å². The van der Waals surface area contributed by atoms with E-state index in [4.69, 9.17) is 0 Å². The number of thiazole rings is 1. The van der Waals surface area contributed by atoms with Crippen molar-refractivity contribution in [3.05, 3.63) is 35.9 Å². The van der Waals surface area contributed by atoms with E-state index in [1.165, 1.54) is 6.33 Å². The molecule has 7 heteroatoms. The molecule has 0 bridgehead atoms. The Bertz CT molecular complexity index is 631. The minimum Gasteiger partial charge on any atom is -0.316 e.